The largest absolute Gasteiger partial charge is 0.486 e. The number of methoxy groups -OCH3 is 1. The summed E-state index contributed by atoms with van der Waals surface area (Å²) in [5.74, 6) is 0.233. The standard InChI is InChI=1S/C14H22N2O3S/c1-9(2)19-11-10(15)12(14(17)18-3)20-13(11)16-7-5-4-6-8-16/h9H,4-8,15H2,1-3H3. The highest BCUT2D eigenvalue weighted by atomic mass is 32.1. The van der Waals surface area contributed by atoms with Crippen molar-refractivity contribution in [3.8, 4) is 5.75 Å². The minimum atomic E-state index is -0.399. The maximum atomic E-state index is 11.8. The molecule has 0 aromatic carbocycles. The number of hydrogen-bond acceptors (Lipinski definition) is 6. The molecule has 112 valence electrons. The molecular formula is C14H22N2O3S. The topological polar surface area (TPSA) is 64.8 Å². The second kappa shape index (κ2) is 6.35. The van der Waals surface area contributed by atoms with Crippen LogP contribution in [0.1, 0.15) is 42.8 Å². The molecule has 0 bridgehead atoms. The second-order valence-corrected chi connectivity index (χ2v) is 6.18. The summed E-state index contributed by atoms with van der Waals surface area (Å²) in [6, 6.07) is 0. The zero-order valence-corrected chi connectivity index (χ0v) is 13.1. The molecule has 1 fully saturated rings. The van der Waals surface area contributed by atoms with E-state index in [2.05, 4.69) is 4.90 Å². The number of hydrogen-bond donors (Lipinski definition) is 1. The van der Waals surface area contributed by atoms with E-state index < -0.39 is 5.97 Å². The number of nitrogens with two attached hydrogens (primary N) is 1. The molecule has 2 rings (SSSR count). The van der Waals surface area contributed by atoms with Gasteiger partial charge in [-0.25, -0.2) is 4.79 Å². The van der Waals surface area contributed by atoms with Crippen LogP contribution in [0.15, 0.2) is 0 Å². The van der Waals surface area contributed by atoms with Gasteiger partial charge in [0.2, 0.25) is 0 Å². The van der Waals surface area contributed by atoms with Gasteiger partial charge in [0.15, 0.2) is 5.75 Å². The predicted molar refractivity (Wildman–Crippen MR) is 81.9 cm³/mol. The summed E-state index contributed by atoms with van der Waals surface area (Å²) < 4.78 is 10.6. The molecule has 1 aliphatic heterocycles. The Morgan fingerprint density at radius 1 is 1.30 bits per heavy atom. The Labute approximate surface area is 123 Å². The van der Waals surface area contributed by atoms with Gasteiger partial charge in [-0.3, -0.25) is 0 Å². The number of thiophene rings is 1. The fourth-order valence-corrected chi connectivity index (χ4v) is 3.44. The molecule has 0 atom stereocenters. The summed E-state index contributed by atoms with van der Waals surface area (Å²) >= 11 is 1.37. The van der Waals surface area contributed by atoms with Crippen LogP contribution in [0.2, 0.25) is 0 Å². The zero-order valence-electron chi connectivity index (χ0n) is 12.3. The van der Waals surface area contributed by atoms with E-state index in [0.29, 0.717) is 16.3 Å². The molecule has 0 saturated carbocycles. The molecule has 1 saturated heterocycles. The van der Waals surface area contributed by atoms with Gasteiger partial charge in [-0.2, -0.15) is 0 Å². The van der Waals surface area contributed by atoms with Crippen LogP contribution in [0.25, 0.3) is 0 Å². The molecule has 0 aliphatic carbocycles. The fourth-order valence-electron chi connectivity index (χ4n) is 2.32. The predicted octanol–water partition coefficient (Wildman–Crippen LogP) is 2.89. The average Bonchev–Trinajstić information content (AvgIpc) is 2.76. The minimum Gasteiger partial charge on any atom is -0.486 e. The highest BCUT2D eigenvalue weighted by molar-refractivity contribution is 7.19. The summed E-state index contributed by atoms with van der Waals surface area (Å²) in [5, 5.41) is 0.955. The second-order valence-electron chi connectivity index (χ2n) is 5.19. The summed E-state index contributed by atoms with van der Waals surface area (Å²) in [7, 11) is 1.37. The van der Waals surface area contributed by atoms with E-state index in [1.54, 1.807) is 0 Å². The van der Waals surface area contributed by atoms with Crippen molar-refractivity contribution in [2.24, 2.45) is 0 Å². The van der Waals surface area contributed by atoms with E-state index in [1.807, 2.05) is 13.8 Å². The number of carbonyl (C=O) groups excluding carboxylic acids is 1. The lowest BCUT2D eigenvalue weighted by Gasteiger charge is -2.28. The van der Waals surface area contributed by atoms with Crippen molar-refractivity contribution in [2.45, 2.75) is 39.2 Å². The molecule has 2 heterocycles. The highest BCUT2D eigenvalue weighted by Gasteiger charge is 2.27. The first-order valence-corrected chi connectivity index (χ1v) is 7.78. The molecule has 0 spiro atoms. The first-order chi connectivity index (χ1) is 9.54. The van der Waals surface area contributed by atoms with E-state index in [0.717, 1.165) is 30.9 Å². The van der Waals surface area contributed by atoms with E-state index >= 15 is 0 Å². The van der Waals surface area contributed by atoms with Gasteiger partial charge in [-0.1, -0.05) is 0 Å². The van der Waals surface area contributed by atoms with Crippen LogP contribution in [0.5, 0.6) is 5.75 Å². The number of rotatable bonds is 4. The molecule has 1 aliphatic rings. The third-order valence-corrected chi connectivity index (χ3v) is 4.48. The molecule has 0 amide bonds. The van der Waals surface area contributed by atoms with Gasteiger partial charge < -0.3 is 20.1 Å². The number of ether oxygens (including phenoxy) is 2. The van der Waals surface area contributed by atoms with Crippen molar-refractivity contribution in [2.75, 3.05) is 30.8 Å². The third kappa shape index (κ3) is 3.00. The number of piperidine rings is 1. The van der Waals surface area contributed by atoms with Gasteiger partial charge in [-0.05, 0) is 33.1 Å². The summed E-state index contributed by atoms with van der Waals surface area (Å²) in [4.78, 5) is 14.5. The van der Waals surface area contributed by atoms with Gasteiger partial charge in [0, 0.05) is 13.1 Å². The Morgan fingerprint density at radius 3 is 2.50 bits per heavy atom. The van der Waals surface area contributed by atoms with Crippen molar-refractivity contribution in [3.63, 3.8) is 0 Å². The Balaban J connectivity index is 2.39. The molecule has 20 heavy (non-hydrogen) atoms. The molecule has 5 nitrogen and oxygen atoms in total. The van der Waals surface area contributed by atoms with Crippen LogP contribution in [0, 0.1) is 0 Å². The number of carbonyl (C=O) groups is 1. The molecule has 1 aromatic heterocycles. The Kier molecular flexibility index (Phi) is 4.75. The van der Waals surface area contributed by atoms with Crippen LogP contribution in [-0.4, -0.2) is 32.3 Å². The smallest absolute Gasteiger partial charge is 0.350 e. The SMILES string of the molecule is COC(=O)c1sc(N2CCCCC2)c(OC(C)C)c1N. The van der Waals surface area contributed by atoms with Crippen molar-refractivity contribution >= 4 is 28.0 Å². The van der Waals surface area contributed by atoms with Gasteiger partial charge in [0.05, 0.1) is 13.2 Å². The summed E-state index contributed by atoms with van der Waals surface area (Å²) in [6.45, 7) is 5.87. The van der Waals surface area contributed by atoms with Crippen LogP contribution < -0.4 is 15.4 Å². The van der Waals surface area contributed by atoms with Gasteiger partial charge in [0.25, 0.3) is 0 Å². The summed E-state index contributed by atoms with van der Waals surface area (Å²) in [6.07, 6.45) is 3.58. The van der Waals surface area contributed by atoms with Crippen LogP contribution in [0.3, 0.4) is 0 Å². The number of anilines is 2. The first kappa shape index (κ1) is 15.0. The third-order valence-electron chi connectivity index (χ3n) is 3.25. The number of nitrogen functional groups attached to an aromatic ring is 1. The van der Waals surface area contributed by atoms with E-state index in [-0.39, 0.29) is 6.10 Å². The lowest BCUT2D eigenvalue weighted by atomic mass is 10.1. The Bertz CT molecular complexity index is 479. The Hall–Kier alpha value is -1.43. The van der Waals surface area contributed by atoms with E-state index in [4.69, 9.17) is 15.2 Å². The molecule has 2 N–H and O–H groups in total. The van der Waals surface area contributed by atoms with Gasteiger partial charge in [-0.15, -0.1) is 11.3 Å². The van der Waals surface area contributed by atoms with Crippen molar-refractivity contribution in [1.82, 2.24) is 0 Å². The number of esters is 1. The zero-order chi connectivity index (χ0) is 14.7. The molecule has 0 radical (unpaired) electrons. The maximum absolute atomic E-state index is 11.8. The lowest BCUT2D eigenvalue weighted by Crippen LogP contribution is -2.29. The summed E-state index contributed by atoms with van der Waals surface area (Å²) in [5.41, 5.74) is 6.49. The molecule has 0 unspecified atom stereocenters. The van der Waals surface area contributed by atoms with Crippen LogP contribution >= 0.6 is 11.3 Å². The Morgan fingerprint density at radius 2 is 1.95 bits per heavy atom. The van der Waals surface area contributed by atoms with E-state index in [9.17, 15) is 4.79 Å². The lowest BCUT2D eigenvalue weighted by molar-refractivity contribution is 0.0607. The van der Waals surface area contributed by atoms with Crippen molar-refractivity contribution < 1.29 is 14.3 Å². The van der Waals surface area contributed by atoms with Crippen LogP contribution in [0.4, 0.5) is 10.7 Å². The van der Waals surface area contributed by atoms with Gasteiger partial charge >= 0.3 is 5.97 Å². The average molecular weight is 298 g/mol. The van der Waals surface area contributed by atoms with Crippen molar-refractivity contribution in [1.29, 1.82) is 0 Å². The maximum Gasteiger partial charge on any atom is 0.350 e. The van der Waals surface area contributed by atoms with Crippen molar-refractivity contribution in [3.05, 3.63) is 4.88 Å². The minimum absolute atomic E-state index is 0.0148. The molecular weight excluding hydrogens is 276 g/mol. The fraction of sp³-hybridized carbons (Fsp3) is 0.643. The number of nitrogens with zero attached hydrogens (tertiary/aromatic N) is 1. The van der Waals surface area contributed by atoms with Crippen LogP contribution in [-0.2, 0) is 4.74 Å². The van der Waals surface area contributed by atoms with E-state index in [1.165, 1.54) is 24.9 Å². The quantitative estimate of drug-likeness (QED) is 0.866. The molecule has 1 aromatic rings. The first-order valence-electron chi connectivity index (χ1n) is 6.96. The highest BCUT2D eigenvalue weighted by Crippen LogP contribution is 2.46. The normalized spacial score (nSPS) is 15.5. The monoisotopic (exact) mass is 298 g/mol. The van der Waals surface area contributed by atoms with Gasteiger partial charge in [0.1, 0.15) is 15.6 Å². The molecule has 6 heteroatoms.